The van der Waals surface area contributed by atoms with Crippen molar-refractivity contribution in [2.75, 3.05) is 5.75 Å². The molecule has 3 rings (SSSR count). The quantitative estimate of drug-likeness (QED) is 0.841. The van der Waals surface area contributed by atoms with Gasteiger partial charge in [-0.05, 0) is 42.4 Å². The number of nitrogens with one attached hydrogen (secondary N) is 1. The Bertz CT molecular complexity index is 814. The molecule has 24 heavy (non-hydrogen) atoms. The molecule has 0 bridgehead atoms. The number of hydrogen-bond acceptors (Lipinski definition) is 4. The molecule has 1 aliphatic carbocycles. The summed E-state index contributed by atoms with van der Waals surface area (Å²) < 4.78 is 27.7. The van der Waals surface area contributed by atoms with E-state index in [-0.39, 0.29) is 29.7 Å². The van der Waals surface area contributed by atoms with Crippen LogP contribution in [-0.4, -0.2) is 30.4 Å². The fraction of sp³-hybridized carbons (Fsp3) is 0.500. The molecule has 2 aromatic rings. The molecule has 0 radical (unpaired) electrons. The molecule has 1 heterocycles. The van der Waals surface area contributed by atoms with Crippen molar-refractivity contribution in [1.29, 1.82) is 0 Å². The van der Waals surface area contributed by atoms with Crippen molar-refractivity contribution in [3.63, 3.8) is 0 Å². The van der Waals surface area contributed by atoms with Crippen molar-refractivity contribution in [1.82, 2.24) is 9.71 Å². The summed E-state index contributed by atoms with van der Waals surface area (Å²) in [5.74, 6) is 0.259. The van der Waals surface area contributed by atoms with Gasteiger partial charge in [0.25, 0.3) is 0 Å². The molecule has 2 N–H and O–H groups in total. The van der Waals surface area contributed by atoms with Gasteiger partial charge >= 0.3 is 0 Å². The van der Waals surface area contributed by atoms with Gasteiger partial charge in [0.1, 0.15) is 0 Å². The van der Waals surface area contributed by atoms with Gasteiger partial charge < -0.3 is 5.11 Å². The number of aliphatic hydroxyl groups excluding tert-OH is 1. The average Bonchev–Trinajstić information content (AvgIpc) is 2.48. The molecule has 6 heteroatoms. The second-order valence-corrected chi connectivity index (χ2v) is 8.92. The molecule has 5 nitrogen and oxygen atoms in total. The molecule has 0 saturated heterocycles. The van der Waals surface area contributed by atoms with Crippen LogP contribution in [0.25, 0.3) is 10.9 Å². The van der Waals surface area contributed by atoms with Crippen molar-refractivity contribution in [3.8, 4) is 0 Å². The van der Waals surface area contributed by atoms with Crippen LogP contribution in [0.1, 0.15) is 38.3 Å². The third-order valence-electron chi connectivity index (χ3n) is 4.45. The van der Waals surface area contributed by atoms with Gasteiger partial charge in [-0.2, -0.15) is 0 Å². The van der Waals surface area contributed by atoms with Gasteiger partial charge in [-0.3, -0.25) is 4.98 Å². The minimum atomic E-state index is -3.38. The summed E-state index contributed by atoms with van der Waals surface area (Å²) in [5, 5.41) is 10.6. The maximum Gasteiger partial charge on any atom is 0.212 e. The van der Waals surface area contributed by atoms with Crippen LogP contribution in [0.3, 0.4) is 0 Å². The zero-order chi connectivity index (χ0) is 17.3. The minimum Gasteiger partial charge on any atom is -0.393 e. The maximum atomic E-state index is 12.4. The molecular weight excluding hydrogens is 324 g/mol. The van der Waals surface area contributed by atoms with Gasteiger partial charge in [0.05, 0.1) is 23.4 Å². The second-order valence-electron chi connectivity index (χ2n) is 7.12. The number of fused-ring (bicyclic) bond motifs is 1. The largest absolute Gasteiger partial charge is 0.393 e. The Hall–Kier alpha value is -1.50. The zero-order valence-corrected chi connectivity index (χ0v) is 14.8. The van der Waals surface area contributed by atoms with Crippen molar-refractivity contribution < 1.29 is 13.5 Å². The lowest BCUT2D eigenvalue weighted by atomic mass is 9.75. The summed E-state index contributed by atoms with van der Waals surface area (Å²) in [4.78, 5) is 4.46. The van der Waals surface area contributed by atoms with Gasteiger partial charge in [0.15, 0.2) is 0 Å². The fourth-order valence-electron chi connectivity index (χ4n) is 3.28. The van der Waals surface area contributed by atoms with E-state index >= 15 is 0 Å². The van der Waals surface area contributed by atoms with Crippen molar-refractivity contribution in [2.45, 2.75) is 38.8 Å². The molecule has 0 amide bonds. The van der Waals surface area contributed by atoms with E-state index < -0.39 is 10.0 Å². The van der Waals surface area contributed by atoms with E-state index in [1.165, 1.54) is 0 Å². The first-order valence-electron chi connectivity index (χ1n) is 8.37. The van der Waals surface area contributed by atoms with Gasteiger partial charge in [-0.15, -0.1) is 0 Å². The summed E-state index contributed by atoms with van der Waals surface area (Å²) in [6.45, 7) is 3.78. The van der Waals surface area contributed by atoms with Crippen molar-refractivity contribution in [2.24, 2.45) is 11.8 Å². The topological polar surface area (TPSA) is 79.3 Å². The lowest BCUT2D eigenvalue weighted by Gasteiger charge is -2.38. The maximum absolute atomic E-state index is 12.4. The summed E-state index contributed by atoms with van der Waals surface area (Å²) in [5.41, 5.74) is 1.75. The molecule has 1 aromatic carbocycles. The van der Waals surface area contributed by atoms with E-state index in [9.17, 15) is 13.5 Å². The summed E-state index contributed by atoms with van der Waals surface area (Å²) >= 11 is 0. The van der Waals surface area contributed by atoms with E-state index in [0.717, 1.165) is 16.5 Å². The van der Waals surface area contributed by atoms with Crippen LogP contribution in [0.5, 0.6) is 0 Å². The molecule has 1 aromatic heterocycles. The zero-order valence-electron chi connectivity index (χ0n) is 14.0. The highest BCUT2D eigenvalue weighted by atomic mass is 32.2. The van der Waals surface area contributed by atoms with E-state index in [4.69, 9.17) is 0 Å². The van der Waals surface area contributed by atoms with Crippen LogP contribution in [0.4, 0.5) is 0 Å². The van der Waals surface area contributed by atoms with E-state index in [2.05, 4.69) is 9.71 Å². The Balaban J connectivity index is 1.91. The van der Waals surface area contributed by atoms with Crippen LogP contribution in [0, 0.1) is 11.8 Å². The molecule has 1 saturated carbocycles. The Labute approximate surface area is 143 Å². The first-order valence-corrected chi connectivity index (χ1v) is 10.0. The molecule has 130 valence electrons. The summed E-state index contributed by atoms with van der Waals surface area (Å²) in [7, 11) is -3.38. The van der Waals surface area contributed by atoms with Gasteiger partial charge in [0.2, 0.25) is 10.0 Å². The number of nitrogens with zero attached hydrogens (tertiary/aromatic N) is 1. The van der Waals surface area contributed by atoms with E-state index in [0.29, 0.717) is 12.8 Å². The lowest BCUT2D eigenvalue weighted by molar-refractivity contribution is 0.0280. The first-order chi connectivity index (χ1) is 11.3. The number of hydrogen-bond donors (Lipinski definition) is 2. The molecule has 1 atom stereocenters. The number of rotatable bonds is 6. The number of para-hydroxylation sites is 1. The Morgan fingerprint density at radius 2 is 2.00 bits per heavy atom. The number of aliphatic hydroxyl groups is 1. The standard InChI is InChI=1S/C18H24N2O3S/c1-12(2)11-24(22,23)20-18(14-8-16(21)9-14)15-7-13-5-3-4-6-17(13)19-10-15/h3-7,10,12,14,16,18,20-21H,8-9,11H2,1-2H3. The van der Waals surface area contributed by atoms with Crippen molar-refractivity contribution in [3.05, 3.63) is 42.1 Å². The molecule has 0 spiro atoms. The third kappa shape index (κ3) is 3.94. The fourth-order valence-corrected chi connectivity index (χ4v) is 4.97. The Morgan fingerprint density at radius 1 is 1.29 bits per heavy atom. The van der Waals surface area contributed by atoms with E-state index in [1.807, 2.05) is 44.2 Å². The van der Waals surface area contributed by atoms with Crippen molar-refractivity contribution >= 4 is 20.9 Å². The highest BCUT2D eigenvalue weighted by Crippen LogP contribution is 2.39. The molecule has 1 fully saturated rings. The molecular formula is C18H24N2O3S. The highest BCUT2D eigenvalue weighted by Gasteiger charge is 2.37. The SMILES string of the molecule is CC(C)CS(=O)(=O)NC(c1cnc2ccccc2c1)C1CC(O)C1. The van der Waals surface area contributed by atoms with E-state index in [1.54, 1.807) is 6.20 Å². The Morgan fingerprint density at radius 3 is 2.67 bits per heavy atom. The van der Waals surface area contributed by atoms with Crippen LogP contribution in [0.15, 0.2) is 36.5 Å². The van der Waals surface area contributed by atoms with Crippen LogP contribution >= 0.6 is 0 Å². The lowest BCUT2D eigenvalue weighted by Crippen LogP contribution is -2.42. The predicted molar refractivity (Wildman–Crippen MR) is 95.0 cm³/mol. The molecule has 1 unspecified atom stereocenters. The average molecular weight is 348 g/mol. The van der Waals surface area contributed by atoms with Crippen LogP contribution in [-0.2, 0) is 10.0 Å². The molecule has 0 aliphatic heterocycles. The Kier molecular flexibility index (Phi) is 4.90. The normalized spacial score (nSPS) is 22.5. The second kappa shape index (κ2) is 6.78. The minimum absolute atomic E-state index is 0.0601. The number of aromatic nitrogens is 1. The van der Waals surface area contributed by atoms with Gasteiger partial charge in [0, 0.05) is 11.6 Å². The number of benzene rings is 1. The first kappa shape index (κ1) is 17.3. The summed E-state index contributed by atoms with van der Waals surface area (Å²) in [6, 6.07) is 9.44. The smallest absolute Gasteiger partial charge is 0.212 e. The van der Waals surface area contributed by atoms with Gasteiger partial charge in [-0.1, -0.05) is 32.0 Å². The summed E-state index contributed by atoms with van der Waals surface area (Å²) in [6.07, 6.45) is 2.64. The van der Waals surface area contributed by atoms with Gasteiger partial charge in [-0.25, -0.2) is 13.1 Å². The number of sulfonamides is 1. The van der Waals surface area contributed by atoms with Crippen LogP contribution in [0.2, 0.25) is 0 Å². The third-order valence-corrected chi connectivity index (χ3v) is 6.17. The monoisotopic (exact) mass is 348 g/mol. The highest BCUT2D eigenvalue weighted by molar-refractivity contribution is 7.89. The van der Waals surface area contributed by atoms with Crippen LogP contribution < -0.4 is 4.72 Å². The number of pyridine rings is 1. The molecule has 1 aliphatic rings. The predicted octanol–water partition coefficient (Wildman–Crippen LogP) is 2.62.